The summed E-state index contributed by atoms with van der Waals surface area (Å²) < 4.78 is 10.8. The quantitative estimate of drug-likeness (QED) is 0.208. The maximum atomic E-state index is 14.3. The summed E-state index contributed by atoms with van der Waals surface area (Å²) in [6.07, 6.45) is 10.3. The van der Waals surface area contributed by atoms with Crippen LogP contribution < -0.4 is 19.7 Å². The number of nitrogens with zero attached hydrogens (tertiary/aromatic N) is 5. The number of thiophene rings is 1. The van der Waals surface area contributed by atoms with E-state index >= 15 is 0 Å². The van der Waals surface area contributed by atoms with Crippen LogP contribution >= 0.6 is 11.3 Å². The van der Waals surface area contributed by atoms with Crippen molar-refractivity contribution in [2.75, 3.05) is 19.1 Å². The SMILES string of the molecule is COc1ccc(-c2nnn(CC(=O)N(c3ccc(C4CCCCC4)cc3)[C@H](C(=O)NC3CCCC3)c3cccs3)n2)cc1OC. The van der Waals surface area contributed by atoms with E-state index in [9.17, 15) is 9.59 Å². The number of carbonyl (C=O) groups excluding carboxylic acids is 2. The van der Waals surface area contributed by atoms with E-state index in [0.717, 1.165) is 30.6 Å². The molecule has 1 atom stereocenters. The first-order valence-corrected chi connectivity index (χ1v) is 16.7. The minimum absolute atomic E-state index is 0.117. The number of rotatable bonds is 11. The number of hydrogen-bond acceptors (Lipinski definition) is 8. The number of benzene rings is 2. The lowest BCUT2D eigenvalue weighted by Gasteiger charge is -2.32. The second-order valence-electron chi connectivity index (χ2n) is 11.8. The zero-order valence-electron chi connectivity index (χ0n) is 25.9. The highest BCUT2D eigenvalue weighted by atomic mass is 32.1. The summed E-state index contributed by atoms with van der Waals surface area (Å²) in [5.74, 6) is 1.52. The van der Waals surface area contributed by atoms with Crippen molar-refractivity contribution in [1.82, 2.24) is 25.5 Å². The molecule has 0 unspecified atom stereocenters. The highest BCUT2D eigenvalue weighted by Gasteiger charge is 2.35. The van der Waals surface area contributed by atoms with Gasteiger partial charge in [0.25, 0.3) is 5.91 Å². The summed E-state index contributed by atoms with van der Waals surface area (Å²) in [6, 6.07) is 16.7. The van der Waals surface area contributed by atoms with Gasteiger partial charge in [0, 0.05) is 22.2 Å². The van der Waals surface area contributed by atoms with E-state index in [2.05, 4.69) is 32.9 Å². The molecule has 45 heavy (non-hydrogen) atoms. The molecule has 2 fully saturated rings. The predicted octanol–water partition coefficient (Wildman–Crippen LogP) is 6.30. The normalized spacial score (nSPS) is 16.3. The van der Waals surface area contributed by atoms with E-state index in [1.165, 1.54) is 53.8 Å². The highest BCUT2D eigenvalue weighted by molar-refractivity contribution is 7.10. The van der Waals surface area contributed by atoms with Crippen molar-refractivity contribution >= 4 is 28.8 Å². The van der Waals surface area contributed by atoms with Gasteiger partial charge in [-0.2, -0.15) is 4.80 Å². The van der Waals surface area contributed by atoms with Gasteiger partial charge in [0.2, 0.25) is 11.7 Å². The summed E-state index contributed by atoms with van der Waals surface area (Å²) in [7, 11) is 3.14. The molecule has 236 valence electrons. The minimum Gasteiger partial charge on any atom is -0.493 e. The Bertz CT molecular complexity index is 1580. The molecule has 2 aliphatic rings. The van der Waals surface area contributed by atoms with Crippen molar-refractivity contribution in [1.29, 1.82) is 0 Å². The fourth-order valence-corrected chi connectivity index (χ4v) is 7.36. The number of nitrogens with one attached hydrogen (secondary N) is 1. The van der Waals surface area contributed by atoms with E-state index < -0.39 is 6.04 Å². The molecular formula is C34H40N6O4S. The molecule has 0 bridgehead atoms. The van der Waals surface area contributed by atoms with Crippen molar-refractivity contribution in [3.05, 3.63) is 70.4 Å². The van der Waals surface area contributed by atoms with E-state index in [4.69, 9.17) is 9.47 Å². The number of amides is 2. The highest BCUT2D eigenvalue weighted by Crippen LogP contribution is 2.36. The third-order valence-electron chi connectivity index (χ3n) is 8.91. The van der Waals surface area contributed by atoms with Gasteiger partial charge in [0.15, 0.2) is 11.5 Å². The molecule has 0 saturated heterocycles. The number of aromatic nitrogens is 4. The maximum absolute atomic E-state index is 14.3. The molecule has 2 saturated carbocycles. The topological polar surface area (TPSA) is 111 Å². The van der Waals surface area contributed by atoms with Crippen LogP contribution in [-0.2, 0) is 16.1 Å². The van der Waals surface area contributed by atoms with Crippen LogP contribution in [0.25, 0.3) is 11.4 Å². The zero-order chi connectivity index (χ0) is 31.2. The Morgan fingerprint density at radius 2 is 1.69 bits per heavy atom. The number of carbonyl (C=O) groups is 2. The Hall–Kier alpha value is -4.25. The van der Waals surface area contributed by atoms with E-state index in [1.54, 1.807) is 31.3 Å². The largest absolute Gasteiger partial charge is 0.493 e. The van der Waals surface area contributed by atoms with Crippen LogP contribution in [0.5, 0.6) is 11.5 Å². The molecule has 2 aliphatic carbocycles. The van der Waals surface area contributed by atoms with Gasteiger partial charge in [0.1, 0.15) is 12.6 Å². The molecular weight excluding hydrogens is 588 g/mol. The number of ether oxygens (including phenoxy) is 2. The van der Waals surface area contributed by atoms with Crippen LogP contribution in [0.2, 0.25) is 0 Å². The first-order chi connectivity index (χ1) is 22.0. The van der Waals surface area contributed by atoms with Crippen LogP contribution in [-0.4, -0.2) is 52.3 Å². The lowest BCUT2D eigenvalue weighted by atomic mass is 9.84. The number of hydrogen-bond donors (Lipinski definition) is 1. The summed E-state index contributed by atoms with van der Waals surface area (Å²) in [5, 5.41) is 18.1. The van der Waals surface area contributed by atoms with Gasteiger partial charge >= 0.3 is 0 Å². The Balaban J connectivity index is 1.31. The third-order valence-corrected chi connectivity index (χ3v) is 9.83. The fraction of sp³-hybridized carbons (Fsp3) is 0.441. The molecule has 2 aromatic carbocycles. The van der Waals surface area contributed by atoms with Crippen LogP contribution in [0.4, 0.5) is 5.69 Å². The Morgan fingerprint density at radius 1 is 0.956 bits per heavy atom. The Morgan fingerprint density at radius 3 is 2.38 bits per heavy atom. The molecule has 2 amide bonds. The van der Waals surface area contributed by atoms with Crippen molar-refractivity contribution in [3.8, 4) is 22.9 Å². The fourth-order valence-electron chi connectivity index (χ4n) is 6.55. The van der Waals surface area contributed by atoms with E-state index in [0.29, 0.717) is 34.5 Å². The van der Waals surface area contributed by atoms with E-state index in [-0.39, 0.29) is 24.4 Å². The summed E-state index contributed by atoms with van der Waals surface area (Å²) in [4.78, 5) is 32.0. The molecule has 11 heteroatoms. The lowest BCUT2D eigenvalue weighted by Crippen LogP contribution is -2.47. The van der Waals surface area contributed by atoms with Gasteiger partial charge in [-0.1, -0.05) is 50.3 Å². The molecule has 6 rings (SSSR count). The van der Waals surface area contributed by atoms with Crippen LogP contribution in [0.3, 0.4) is 0 Å². The second kappa shape index (κ2) is 14.2. The Kier molecular flexibility index (Phi) is 9.73. The predicted molar refractivity (Wildman–Crippen MR) is 174 cm³/mol. The average molecular weight is 629 g/mol. The first kappa shape index (κ1) is 30.8. The smallest absolute Gasteiger partial charge is 0.251 e. The van der Waals surface area contributed by atoms with Crippen molar-refractivity contribution < 1.29 is 19.1 Å². The van der Waals surface area contributed by atoms with Crippen molar-refractivity contribution in [2.45, 2.75) is 82.3 Å². The molecule has 0 aliphatic heterocycles. The van der Waals surface area contributed by atoms with Gasteiger partial charge in [0.05, 0.1) is 14.2 Å². The van der Waals surface area contributed by atoms with Gasteiger partial charge in [-0.25, -0.2) is 0 Å². The van der Waals surface area contributed by atoms with Crippen molar-refractivity contribution in [2.24, 2.45) is 0 Å². The zero-order valence-corrected chi connectivity index (χ0v) is 26.7. The van der Waals surface area contributed by atoms with Crippen LogP contribution in [0.15, 0.2) is 60.0 Å². The summed E-state index contributed by atoms with van der Waals surface area (Å²) in [6.45, 7) is -0.191. The minimum atomic E-state index is -0.826. The first-order valence-electron chi connectivity index (χ1n) is 15.8. The molecule has 10 nitrogen and oxygen atoms in total. The molecule has 2 aromatic heterocycles. The van der Waals surface area contributed by atoms with Gasteiger partial charge in [-0.05, 0) is 84.2 Å². The Labute approximate surface area is 267 Å². The number of anilines is 1. The van der Waals surface area contributed by atoms with Gasteiger partial charge in [-0.15, -0.1) is 21.5 Å². The average Bonchev–Trinajstić information content (AvgIpc) is 3.88. The second-order valence-corrected chi connectivity index (χ2v) is 12.8. The summed E-state index contributed by atoms with van der Waals surface area (Å²) in [5.41, 5.74) is 2.63. The molecule has 4 aromatic rings. The van der Waals surface area contributed by atoms with Crippen LogP contribution in [0, 0.1) is 0 Å². The molecule has 0 spiro atoms. The number of tetrazole rings is 1. The standard InChI is InChI=1S/C34H40N6O4S/c1-43-28-19-16-25(21-29(28)44-2)33-36-38-39(37-33)22-31(41)40(27-17-14-24(15-18-27)23-9-4-3-5-10-23)32(30-13-8-20-45-30)34(42)35-26-11-6-7-12-26/h8,13-21,23,26,32H,3-7,9-12,22H2,1-2H3,(H,35,42)/t32-/m0/s1. The van der Waals surface area contributed by atoms with Gasteiger partial charge in [-0.3, -0.25) is 14.5 Å². The third kappa shape index (κ3) is 7.03. The van der Waals surface area contributed by atoms with Gasteiger partial charge < -0.3 is 14.8 Å². The number of methoxy groups -OCH3 is 2. The molecule has 2 heterocycles. The lowest BCUT2D eigenvalue weighted by molar-refractivity contribution is -0.127. The monoisotopic (exact) mass is 628 g/mol. The van der Waals surface area contributed by atoms with Crippen molar-refractivity contribution in [3.63, 3.8) is 0 Å². The maximum Gasteiger partial charge on any atom is 0.251 e. The molecule has 1 N–H and O–H groups in total. The van der Waals surface area contributed by atoms with E-state index in [1.807, 2.05) is 35.7 Å². The molecule has 0 radical (unpaired) electrons. The summed E-state index contributed by atoms with van der Waals surface area (Å²) >= 11 is 1.47. The van der Waals surface area contributed by atoms with Crippen LogP contribution in [0.1, 0.15) is 80.2 Å².